The molecule has 0 aliphatic rings. The Balaban J connectivity index is 2.57. The van der Waals surface area contributed by atoms with Gasteiger partial charge in [0, 0.05) is 23.2 Å². The zero-order valence-electron chi connectivity index (χ0n) is 8.18. The van der Waals surface area contributed by atoms with E-state index in [4.69, 9.17) is 0 Å². The Morgan fingerprint density at radius 2 is 2.06 bits per heavy atom. The van der Waals surface area contributed by atoms with E-state index >= 15 is 0 Å². The number of nitro groups is 1. The molecule has 1 aromatic carbocycles. The summed E-state index contributed by atoms with van der Waals surface area (Å²) in [4.78, 5) is 17.7. The van der Waals surface area contributed by atoms with Crippen LogP contribution in [0, 0.1) is 10.1 Å². The highest BCUT2D eigenvalue weighted by atomic mass is 16.6. The molecule has 0 saturated heterocycles. The number of hydrogen-bond donors (Lipinski definition) is 1. The highest BCUT2D eigenvalue weighted by Crippen LogP contribution is 2.30. The van der Waals surface area contributed by atoms with Crippen molar-refractivity contribution in [2.24, 2.45) is 0 Å². The monoisotopic (exact) mass is 213 g/mol. The Hall–Kier alpha value is -2.43. The lowest BCUT2D eigenvalue weighted by Crippen LogP contribution is -1.89. The van der Waals surface area contributed by atoms with Crippen molar-refractivity contribution in [3.8, 4) is 0 Å². The summed E-state index contributed by atoms with van der Waals surface area (Å²) in [5.41, 5.74) is 1.50. The Kier molecular flexibility index (Phi) is 1.67. The SMILES string of the molecule is O=[N+]([O-])c1ccnc2[nH]c3ccccc3c12. The molecule has 0 fully saturated rings. The summed E-state index contributed by atoms with van der Waals surface area (Å²) in [6.07, 6.45) is 1.44. The molecule has 3 aromatic rings. The Bertz CT molecular complexity index is 703. The van der Waals surface area contributed by atoms with Gasteiger partial charge in [-0.25, -0.2) is 4.98 Å². The summed E-state index contributed by atoms with van der Waals surface area (Å²) in [6, 6.07) is 8.88. The highest BCUT2D eigenvalue weighted by molar-refractivity contribution is 6.10. The Labute approximate surface area is 89.9 Å². The lowest BCUT2D eigenvalue weighted by molar-refractivity contribution is -0.383. The Morgan fingerprint density at radius 1 is 1.25 bits per heavy atom. The van der Waals surface area contributed by atoms with E-state index < -0.39 is 0 Å². The van der Waals surface area contributed by atoms with E-state index in [1.807, 2.05) is 24.3 Å². The number of aromatic amines is 1. The van der Waals surface area contributed by atoms with Gasteiger partial charge in [-0.1, -0.05) is 18.2 Å². The molecule has 0 atom stereocenters. The number of para-hydroxylation sites is 1. The highest BCUT2D eigenvalue weighted by Gasteiger charge is 2.16. The minimum atomic E-state index is -0.385. The third kappa shape index (κ3) is 1.08. The van der Waals surface area contributed by atoms with Crippen molar-refractivity contribution in [3.05, 3.63) is 46.6 Å². The van der Waals surface area contributed by atoms with Gasteiger partial charge in [-0.05, 0) is 6.07 Å². The van der Waals surface area contributed by atoms with Crippen molar-refractivity contribution < 1.29 is 4.92 Å². The molecule has 0 aliphatic carbocycles. The van der Waals surface area contributed by atoms with Crippen molar-refractivity contribution in [3.63, 3.8) is 0 Å². The van der Waals surface area contributed by atoms with Crippen molar-refractivity contribution in [2.45, 2.75) is 0 Å². The maximum absolute atomic E-state index is 10.9. The van der Waals surface area contributed by atoms with E-state index in [9.17, 15) is 10.1 Å². The summed E-state index contributed by atoms with van der Waals surface area (Å²) in [6.45, 7) is 0. The second kappa shape index (κ2) is 3.03. The predicted molar refractivity (Wildman–Crippen MR) is 60.3 cm³/mol. The van der Waals surface area contributed by atoms with Crippen LogP contribution in [0.2, 0.25) is 0 Å². The molecule has 0 amide bonds. The topological polar surface area (TPSA) is 71.8 Å². The van der Waals surface area contributed by atoms with Gasteiger partial charge in [0.2, 0.25) is 0 Å². The second-order valence-electron chi connectivity index (χ2n) is 3.48. The quantitative estimate of drug-likeness (QED) is 0.498. The number of aromatic nitrogens is 2. The molecular formula is C11H7N3O2. The molecular weight excluding hydrogens is 206 g/mol. The summed E-state index contributed by atoms with van der Waals surface area (Å²) >= 11 is 0. The molecule has 0 radical (unpaired) electrons. The minimum Gasteiger partial charge on any atom is -0.339 e. The van der Waals surface area contributed by atoms with Crippen LogP contribution < -0.4 is 0 Å². The normalized spacial score (nSPS) is 11.0. The van der Waals surface area contributed by atoms with Crippen molar-refractivity contribution in [1.82, 2.24) is 9.97 Å². The van der Waals surface area contributed by atoms with Crippen molar-refractivity contribution >= 4 is 27.6 Å². The van der Waals surface area contributed by atoms with Gasteiger partial charge in [-0.3, -0.25) is 10.1 Å². The minimum absolute atomic E-state index is 0.0856. The van der Waals surface area contributed by atoms with Gasteiger partial charge in [0.05, 0.1) is 4.92 Å². The van der Waals surface area contributed by atoms with Crippen LogP contribution in [0.4, 0.5) is 5.69 Å². The van der Waals surface area contributed by atoms with Crippen LogP contribution in [0.15, 0.2) is 36.5 Å². The largest absolute Gasteiger partial charge is 0.339 e. The first-order valence-electron chi connectivity index (χ1n) is 4.77. The number of benzene rings is 1. The average Bonchev–Trinajstić information content (AvgIpc) is 2.66. The number of nitrogens with one attached hydrogen (secondary N) is 1. The van der Waals surface area contributed by atoms with Gasteiger partial charge >= 0.3 is 0 Å². The van der Waals surface area contributed by atoms with Gasteiger partial charge in [0.25, 0.3) is 5.69 Å². The second-order valence-corrected chi connectivity index (χ2v) is 3.48. The zero-order chi connectivity index (χ0) is 11.1. The molecule has 2 aromatic heterocycles. The lowest BCUT2D eigenvalue weighted by atomic mass is 10.2. The van der Waals surface area contributed by atoms with Crippen LogP contribution in [0.3, 0.4) is 0 Å². The molecule has 0 saturated carbocycles. The first-order valence-corrected chi connectivity index (χ1v) is 4.77. The summed E-state index contributed by atoms with van der Waals surface area (Å²) < 4.78 is 0. The number of pyridine rings is 1. The van der Waals surface area contributed by atoms with Crippen LogP contribution in [-0.4, -0.2) is 14.9 Å². The molecule has 5 nitrogen and oxygen atoms in total. The molecule has 2 heterocycles. The maximum Gasteiger partial charge on any atom is 0.282 e. The first kappa shape index (κ1) is 8.84. The number of nitrogens with zero attached hydrogens (tertiary/aromatic N) is 2. The molecule has 0 unspecified atom stereocenters. The lowest BCUT2D eigenvalue weighted by Gasteiger charge is -1.93. The molecule has 5 heteroatoms. The molecule has 0 spiro atoms. The third-order valence-corrected chi connectivity index (χ3v) is 2.58. The fourth-order valence-corrected chi connectivity index (χ4v) is 1.90. The van der Waals surface area contributed by atoms with Gasteiger partial charge < -0.3 is 4.98 Å². The van der Waals surface area contributed by atoms with Crippen LogP contribution >= 0.6 is 0 Å². The van der Waals surface area contributed by atoms with E-state index in [2.05, 4.69) is 9.97 Å². The van der Waals surface area contributed by atoms with Crippen LogP contribution in [0.1, 0.15) is 0 Å². The van der Waals surface area contributed by atoms with Crippen molar-refractivity contribution in [1.29, 1.82) is 0 Å². The maximum atomic E-state index is 10.9. The van der Waals surface area contributed by atoms with Gasteiger partial charge in [0.1, 0.15) is 11.0 Å². The van der Waals surface area contributed by atoms with Crippen LogP contribution in [-0.2, 0) is 0 Å². The van der Waals surface area contributed by atoms with Crippen LogP contribution in [0.25, 0.3) is 21.9 Å². The van der Waals surface area contributed by atoms with Gasteiger partial charge in [-0.2, -0.15) is 0 Å². The average molecular weight is 213 g/mol. The fourth-order valence-electron chi connectivity index (χ4n) is 1.90. The fraction of sp³-hybridized carbons (Fsp3) is 0. The summed E-state index contributed by atoms with van der Waals surface area (Å²) in [7, 11) is 0. The third-order valence-electron chi connectivity index (χ3n) is 2.58. The summed E-state index contributed by atoms with van der Waals surface area (Å²) in [5.74, 6) is 0. The number of fused-ring (bicyclic) bond motifs is 3. The van der Waals surface area contributed by atoms with Crippen LogP contribution in [0.5, 0.6) is 0 Å². The zero-order valence-corrected chi connectivity index (χ0v) is 8.18. The van der Waals surface area contributed by atoms with E-state index in [1.165, 1.54) is 12.3 Å². The predicted octanol–water partition coefficient (Wildman–Crippen LogP) is 2.62. The molecule has 3 rings (SSSR count). The first-order chi connectivity index (χ1) is 7.77. The van der Waals surface area contributed by atoms with Crippen molar-refractivity contribution in [2.75, 3.05) is 0 Å². The molecule has 78 valence electrons. The van der Waals surface area contributed by atoms with E-state index in [-0.39, 0.29) is 10.6 Å². The number of H-pyrrole nitrogens is 1. The molecule has 1 N–H and O–H groups in total. The van der Waals surface area contributed by atoms with E-state index in [1.54, 1.807) is 0 Å². The smallest absolute Gasteiger partial charge is 0.282 e. The molecule has 16 heavy (non-hydrogen) atoms. The summed E-state index contributed by atoms with van der Waals surface area (Å²) in [5, 5.41) is 12.3. The van der Waals surface area contributed by atoms with E-state index in [0.717, 1.165) is 10.9 Å². The molecule has 0 aliphatic heterocycles. The molecule has 0 bridgehead atoms. The van der Waals surface area contributed by atoms with Gasteiger partial charge in [0.15, 0.2) is 0 Å². The standard InChI is InChI=1S/C11H7N3O2/c15-14(16)9-5-6-12-11-10(9)7-3-1-2-4-8(7)13-11/h1-6H,(H,12,13). The number of rotatable bonds is 1. The van der Waals surface area contributed by atoms with Gasteiger partial charge in [-0.15, -0.1) is 0 Å². The van der Waals surface area contributed by atoms with E-state index in [0.29, 0.717) is 11.0 Å². The number of hydrogen-bond acceptors (Lipinski definition) is 3. The Morgan fingerprint density at radius 3 is 2.88 bits per heavy atom.